The molecule has 0 spiro atoms. The van der Waals surface area contributed by atoms with Crippen LogP contribution in [0.1, 0.15) is 18.2 Å². The van der Waals surface area contributed by atoms with Crippen molar-refractivity contribution in [2.45, 2.75) is 12.3 Å². The Morgan fingerprint density at radius 1 is 1.38 bits per heavy atom. The summed E-state index contributed by atoms with van der Waals surface area (Å²) in [6.45, 7) is 1.72. The van der Waals surface area contributed by atoms with Gasteiger partial charge in [0.15, 0.2) is 0 Å². The van der Waals surface area contributed by atoms with Crippen LogP contribution in [0.15, 0.2) is 27.1 Å². The highest BCUT2D eigenvalue weighted by molar-refractivity contribution is 9.10. The Morgan fingerprint density at radius 2 is 2.12 bits per heavy atom. The van der Waals surface area contributed by atoms with Crippen LogP contribution in [0.5, 0.6) is 0 Å². The molecule has 1 atom stereocenters. The van der Waals surface area contributed by atoms with E-state index in [0.717, 1.165) is 0 Å². The lowest BCUT2D eigenvalue weighted by molar-refractivity contribution is 0.506. The van der Waals surface area contributed by atoms with E-state index in [1.54, 1.807) is 13.0 Å². The van der Waals surface area contributed by atoms with E-state index >= 15 is 0 Å². The van der Waals surface area contributed by atoms with Crippen LogP contribution in [-0.2, 0) is 0 Å². The van der Waals surface area contributed by atoms with Crippen LogP contribution in [0, 0.1) is 5.82 Å². The summed E-state index contributed by atoms with van der Waals surface area (Å²) in [5.41, 5.74) is 0.517. The number of hydrogen-bond acceptors (Lipinski definition) is 3. The fourth-order valence-electron chi connectivity index (χ4n) is 1.19. The van der Waals surface area contributed by atoms with Gasteiger partial charge >= 0.3 is 0 Å². The van der Waals surface area contributed by atoms with E-state index in [2.05, 4.69) is 26.1 Å². The largest absolute Gasteiger partial charge is 0.419 e. The average Bonchev–Trinajstić information content (AvgIpc) is 2.64. The fourth-order valence-corrected chi connectivity index (χ4v) is 1.74. The minimum absolute atomic E-state index is 0.253. The van der Waals surface area contributed by atoms with E-state index in [1.165, 1.54) is 12.1 Å². The van der Waals surface area contributed by atoms with Crippen molar-refractivity contribution in [1.82, 2.24) is 10.2 Å². The van der Waals surface area contributed by atoms with Crippen molar-refractivity contribution < 1.29 is 8.81 Å². The third-order valence-electron chi connectivity index (χ3n) is 1.89. The second-order valence-corrected chi connectivity index (χ2v) is 4.79. The van der Waals surface area contributed by atoms with Gasteiger partial charge in [-0.15, -0.1) is 21.8 Å². The molecule has 6 heteroatoms. The van der Waals surface area contributed by atoms with Gasteiger partial charge in [0.05, 0.1) is 0 Å². The van der Waals surface area contributed by atoms with Crippen LogP contribution in [0.3, 0.4) is 0 Å². The summed E-state index contributed by atoms with van der Waals surface area (Å²) in [6.07, 6.45) is 0. The molecule has 0 saturated carbocycles. The number of rotatable bonds is 2. The molecule has 2 rings (SSSR count). The van der Waals surface area contributed by atoms with Crippen molar-refractivity contribution in [3.63, 3.8) is 0 Å². The monoisotopic (exact) mass is 304 g/mol. The van der Waals surface area contributed by atoms with Crippen LogP contribution < -0.4 is 0 Å². The van der Waals surface area contributed by atoms with E-state index in [1.807, 2.05) is 0 Å². The van der Waals surface area contributed by atoms with Crippen molar-refractivity contribution in [2.75, 3.05) is 0 Å². The Morgan fingerprint density at radius 3 is 2.69 bits per heavy atom. The van der Waals surface area contributed by atoms with Gasteiger partial charge < -0.3 is 4.42 Å². The van der Waals surface area contributed by atoms with Crippen molar-refractivity contribution in [1.29, 1.82) is 0 Å². The van der Waals surface area contributed by atoms with Gasteiger partial charge in [0, 0.05) is 10.0 Å². The molecule has 0 saturated heterocycles. The molecule has 0 aliphatic carbocycles. The highest BCUT2D eigenvalue weighted by Gasteiger charge is 2.13. The lowest BCUT2D eigenvalue weighted by Gasteiger charge is -1.97. The fraction of sp³-hybridized carbons (Fsp3) is 0.200. The van der Waals surface area contributed by atoms with Crippen molar-refractivity contribution in [2.24, 2.45) is 0 Å². The molecule has 0 bridgehead atoms. The first kappa shape index (κ1) is 11.5. The normalized spacial score (nSPS) is 12.8. The predicted octanol–water partition coefficient (Wildman–Crippen LogP) is 3.94. The maximum absolute atomic E-state index is 13.1. The first-order chi connectivity index (χ1) is 7.56. The molecular formula is C10H7BrClFN2O. The molecule has 3 nitrogen and oxygen atoms in total. The van der Waals surface area contributed by atoms with Gasteiger partial charge in [0.2, 0.25) is 11.8 Å². The molecule has 16 heavy (non-hydrogen) atoms. The van der Waals surface area contributed by atoms with Gasteiger partial charge in [-0.3, -0.25) is 0 Å². The number of hydrogen-bond donors (Lipinski definition) is 0. The zero-order valence-corrected chi connectivity index (χ0v) is 10.6. The number of halogens is 3. The Bertz CT molecular complexity index is 495. The number of alkyl halides is 1. The van der Waals surface area contributed by atoms with Crippen molar-refractivity contribution in [3.8, 4) is 11.5 Å². The zero-order valence-electron chi connectivity index (χ0n) is 8.25. The van der Waals surface area contributed by atoms with Gasteiger partial charge in [-0.1, -0.05) is 15.9 Å². The molecule has 1 heterocycles. The molecule has 0 radical (unpaired) electrons. The van der Waals surface area contributed by atoms with E-state index < -0.39 is 0 Å². The van der Waals surface area contributed by atoms with Gasteiger partial charge in [0.25, 0.3) is 0 Å². The van der Waals surface area contributed by atoms with E-state index in [0.29, 0.717) is 15.9 Å². The van der Waals surface area contributed by atoms with Gasteiger partial charge in [-0.25, -0.2) is 4.39 Å². The Balaban J connectivity index is 2.42. The average molecular weight is 306 g/mol. The summed E-state index contributed by atoms with van der Waals surface area (Å²) in [7, 11) is 0. The zero-order chi connectivity index (χ0) is 11.7. The summed E-state index contributed by atoms with van der Waals surface area (Å²) < 4.78 is 19.0. The van der Waals surface area contributed by atoms with Crippen LogP contribution in [0.2, 0.25) is 0 Å². The number of aromatic nitrogens is 2. The van der Waals surface area contributed by atoms with Crippen LogP contribution in [0.25, 0.3) is 11.5 Å². The van der Waals surface area contributed by atoms with Crippen LogP contribution in [-0.4, -0.2) is 10.2 Å². The van der Waals surface area contributed by atoms with Crippen LogP contribution >= 0.6 is 27.5 Å². The first-order valence-corrected chi connectivity index (χ1v) is 5.73. The smallest absolute Gasteiger partial charge is 0.247 e. The maximum Gasteiger partial charge on any atom is 0.247 e. The highest BCUT2D eigenvalue weighted by atomic mass is 79.9. The third kappa shape index (κ3) is 2.41. The highest BCUT2D eigenvalue weighted by Crippen LogP contribution is 2.26. The van der Waals surface area contributed by atoms with Crippen molar-refractivity contribution >= 4 is 27.5 Å². The predicted molar refractivity (Wildman–Crippen MR) is 61.7 cm³/mol. The second kappa shape index (κ2) is 4.51. The molecule has 1 aromatic carbocycles. The molecule has 84 valence electrons. The number of benzene rings is 1. The molecule has 0 fully saturated rings. The molecule has 1 unspecified atom stereocenters. The molecule has 0 N–H and O–H groups in total. The topological polar surface area (TPSA) is 38.9 Å². The minimum atomic E-state index is -0.372. The standard InChI is InChI=1S/C10H7BrClFN2O/c1-5(12)9-14-15-10(16-9)6-2-7(11)4-8(13)3-6/h2-5H,1H3. The third-order valence-corrected chi connectivity index (χ3v) is 2.53. The summed E-state index contributed by atoms with van der Waals surface area (Å²) in [5.74, 6) is 0.197. The summed E-state index contributed by atoms with van der Waals surface area (Å²) in [5, 5.41) is 7.20. The summed E-state index contributed by atoms with van der Waals surface area (Å²) in [4.78, 5) is 0. The van der Waals surface area contributed by atoms with Crippen molar-refractivity contribution in [3.05, 3.63) is 34.4 Å². The molecule has 0 amide bonds. The summed E-state index contributed by atoms with van der Waals surface area (Å²) >= 11 is 8.98. The lowest BCUT2D eigenvalue weighted by atomic mass is 10.2. The SMILES string of the molecule is CC(Cl)c1nnc(-c2cc(F)cc(Br)c2)o1. The van der Waals surface area contributed by atoms with Crippen LogP contribution in [0.4, 0.5) is 4.39 Å². The molecule has 1 aromatic heterocycles. The molecule has 2 aromatic rings. The number of nitrogens with zero attached hydrogens (tertiary/aromatic N) is 2. The van der Waals surface area contributed by atoms with E-state index in [-0.39, 0.29) is 17.1 Å². The minimum Gasteiger partial charge on any atom is -0.419 e. The second-order valence-electron chi connectivity index (χ2n) is 3.22. The Labute approximate surface area is 105 Å². The molecular weight excluding hydrogens is 298 g/mol. The van der Waals surface area contributed by atoms with E-state index in [4.69, 9.17) is 16.0 Å². The van der Waals surface area contributed by atoms with Gasteiger partial charge in [0.1, 0.15) is 11.2 Å². The Hall–Kier alpha value is -0.940. The van der Waals surface area contributed by atoms with Gasteiger partial charge in [-0.2, -0.15) is 0 Å². The maximum atomic E-state index is 13.1. The molecule has 0 aliphatic heterocycles. The van der Waals surface area contributed by atoms with E-state index in [9.17, 15) is 4.39 Å². The first-order valence-electron chi connectivity index (χ1n) is 4.50. The quantitative estimate of drug-likeness (QED) is 0.789. The Kier molecular flexibility index (Phi) is 3.25. The summed E-state index contributed by atoms with van der Waals surface area (Å²) in [6, 6.07) is 4.37. The molecule has 0 aliphatic rings. The van der Waals surface area contributed by atoms with Gasteiger partial charge in [-0.05, 0) is 25.1 Å². The lowest BCUT2D eigenvalue weighted by Crippen LogP contribution is -1.82.